The second-order valence-corrected chi connectivity index (χ2v) is 15.3. The van der Waals surface area contributed by atoms with Crippen LogP contribution >= 0.6 is 0 Å². The summed E-state index contributed by atoms with van der Waals surface area (Å²) >= 11 is 0. The maximum Gasteiger partial charge on any atom is 0.508 e. The number of aromatic nitrogens is 4. The smallest absolute Gasteiger partial charge is 0.497 e. The number of hydrogen-bond acceptors (Lipinski definition) is 18. The van der Waals surface area contributed by atoms with Crippen LogP contribution in [-0.4, -0.2) is 153 Å². The van der Waals surface area contributed by atoms with Crippen molar-refractivity contribution < 1.29 is 57.4 Å². The van der Waals surface area contributed by atoms with Crippen LogP contribution in [0.4, 0.5) is 15.4 Å². The number of nitrogens with zero attached hydrogens (tertiary/aromatic N) is 7. The maximum atomic E-state index is 14.3. The van der Waals surface area contributed by atoms with Crippen molar-refractivity contribution in [3.63, 3.8) is 0 Å². The second-order valence-electron chi connectivity index (χ2n) is 15.3. The van der Waals surface area contributed by atoms with Crippen LogP contribution in [0.25, 0.3) is 11.2 Å². The van der Waals surface area contributed by atoms with Gasteiger partial charge in [-0.2, -0.15) is 10.2 Å². The first kappa shape index (κ1) is 48.2. The highest BCUT2D eigenvalue weighted by Crippen LogP contribution is 2.39. The van der Waals surface area contributed by atoms with Gasteiger partial charge < -0.3 is 53.8 Å². The number of carbonyl (C=O) groups is 4. The van der Waals surface area contributed by atoms with Crippen LogP contribution in [0.3, 0.4) is 0 Å². The molecule has 2 aromatic heterocycles. The van der Waals surface area contributed by atoms with Crippen molar-refractivity contribution in [2.24, 2.45) is 16.1 Å². The Labute approximate surface area is 365 Å². The van der Waals surface area contributed by atoms with Crippen LogP contribution in [0.2, 0.25) is 0 Å². The van der Waals surface area contributed by atoms with Crippen LogP contribution in [0, 0.1) is 18.3 Å². The quantitative estimate of drug-likeness (QED) is 0.0539. The molecule has 1 aromatic carbocycles. The fourth-order valence-corrected chi connectivity index (χ4v) is 6.69. The van der Waals surface area contributed by atoms with E-state index in [1.807, 2.05) is 14.1 Å². The van der Waals surface area contributed by atoms with Crippen molar-refractivity contribution in [1.29, 1.82) is 0 Å². The highest BCUT2D eigenvalue weighted by Gasteiger charge is 2.47. The largest absolute Gasteiger partial charge is 0.508 e. The fraction of sp³-hybridized carbons (Fsp3) is 0.595. The first-order valence-corrected chi connectivity index (χ1v) is 20.7. The summed E-state index contributed by atoms with van der Waals surface area (Å²) in [6, 6.07) is 5.42. The molecule has 5 atom stereocenters. The van der Waals surface area contributed by atoms with E-state index in [2.05, 4.69) is 41.7 Å². The van der Waals surface area contributed by atoms with Crippen molar-refractivity contribution in [3.8, 4) is 18.1 Å². The zero-order chi connectivity index (χ0) is 45.2. The van der Waals surface area contributed by atoms with E-state index >= 15 is 0 Å². The third-order valence-electron chi connectivity index (χ3n) is 10.3. The van der Waals surface area contributed by atoms with Gasteiger partial charge in [-0.05, 0) is 37.5 Å². The SMILES string of the molecule is C#CCOCCC(=O)CCCOCCOCCNC(=O)N[C@@H](Cc1ccc(OC)cc1)C(=O)C[C@H]1C(O)C(n2cnc3c(N(C)C)ncnc32)O[C@@H]1COC(=O)OCCC1(C)N=N1. The number of ether oxygens (including phenoxy) is 7. The zero-order valence-corrected chi connectivity index (χ0v) is 36.1. The molecule has 63 heavy (non-hydrogen) atoms. The van der Waals surface area contributed by atoms with E-state index in [1.54, 1.807) is 47.8 Å². The normalized spacial score (nSPS) is 18.9. The van der Waals surface area contributed by atoms with Gasteiger partial charge in [-0.15, -0.1) is 6.42 Å². The van der Waals surface area contributed by atoms with Crippen molar-refractivity contribution in [2.75, 3.05) is 85.5 Å². The number of Topliss-reactive ketones (excluding diaryl/α,β-unsaturated/α-hetero) is 2. The Hall–Kier alpha value is -5.79. The lowest BCUT2D eigenvalue weighted by atomic mass is 9.88. The fourth-order valence-electron chi connectivity index (χ4n) is 6.69. The van der Waals surface area contributed by atoms with Gasteiger partial charge in [-0.3, -0.25) is 14.2 Å². The standard InChI is InChI=1S/C42H57N9O12/c1-6-16-58-18-13-29(52)8-7-17-59-21-22-60-20-15-43-40(55)47-32(23-28-9-11-30(57-5)12-10-28)33(53)24-31-34(25-62-41(56)61-19-14-42(2)48-49-42)63-39(36(31)54)51-27-46-35-37(50(3)4)44-26-45-38(35)51/h1,9-12,26-27,31-32,34,36,39,54H,7-8,13-25H2,2-5H3,(H2,43,47,55)/t31-,32+,34-,36?,39?/m1/s1. The van der Waals surface area contributed by atoms with Crippen molar-refractivity contribution in [2.45, 2.75) is 75.6 Å². The average Bonchev–Trinajstić information content (AvgIpc) is 3.72. The topological polar surface area (TPSA) is 249 Å². The molecule has 2 amide bonds. The molecule has 1 fully saturated rings. The molecular formula is C42H57N9O12. The summed E-state index contributed by atoms with van der Waals surface area (Å²) in [5.74, 6) is 2.27. The molecule has 0 aliphatic carbocycles. The molecule has 21 heteroatoms. The van der Waals surface area contributed by atoms with E-state index in [9.17, 15) is 24.3 Å². The number of carbonyl (C=O) groups excluding carboxylic acids is 4. The molecule has 0 saturated carbocycles. The molecule has 2 aliphatic rings. The van der Waals surface area contributed by atoms with Gasteiger partial charge in [0.2, 0.25) is 0 Å². The minimum absolute atomic E-state index is 0.0219. The number of terminal acetylenes is 1. The van der Waals surface area contributed by atoms with E-state index in [-0.39, 0.29) is 58.2 Å². The number of hydrogen-bond donors (Lipinski definition) is 3. The van der Waals surface area contributed by atoms with Crippen LogP contribution < -0.4 is 20.3 Å². The lowest BCUT2D eigenvalue weighted by Crippen LogP contribution is -2.49. The molecule has 5 rings (SSSR count). The monoisotopic (exact) mass is 879 g/mol. The highest BCUT2D eigenvalue weighted by molar-refractivity contribution is 5.89. The number of anilines is 1. The Bertz CT molecular complexity index is 2030. The predicted molar refractivity (Wildman–Crippen MR) is 225 cm³/mol. The minimum Gasteiger partial charge on any atom is -0.497 e. The first-order valence-electron chi connectivity index (χ1n) is 20.7. The Morgan fingerprint density at radius 2 is 1.75 bits per heavy atom. The van der Waals surface area contributed by atoms with Gasteiger partial charge >= 0.3 is 12.2 Å². The molecule has 3 N–H and O–H groups in total. The molecule has 0 radical (unpaired) electrons. The highest BCUT2D eigenvalue weighted by atomic mass is 16.7. The van der Waals surface area contributed by atoms with Gasteiger partial charge in [0, 0.05) is 58.8 Å². The van der Waals surface area contributed by atoms with E-state index in [0.29, 0.717) is 68.2 Å². The van der Waals surface area contributed by atoms with Crippen LogP contribution in [0.15, 0.2) is 47.1 Å². The third kappa shape index (κ3) is 14.9. The van der Waals surface area contributed by atoms with Gasteiger partial charge in [0.25, 0.3) is 0 Å². The molecule has 2 aliphatic heterocycles. The number of rotatable bonds is 28. The molecule has 3 aromatic rings. The summed E-state index contributed by atoms with van der Waals surface area (Å²) in [6.07, 6.45) is 5.12. The Morgan fingerprint density at radius 3 is 2.46 bits per heavy atom. The number of aliphatic hydroxyl groups excluding tert-OH is 1. The number of ketones is 2. The number of fused-ring (bicyclic) bond motifs is 1. The maximum absolute atomic E-state index is 14.3. The van der Waals surface area contributed by atoms with Gasteiger partial charge in [-0.1, -0.05) is 18.1 Å². The van der Waals surface area contributed by atoms with Crippen LogP contribution in [0.1, 0.15) is 50.8 Å². The Morgan fingerprint density at radius 1 is 0.984 bits per heavy atom. The molecule has 4 heterocycles. The molecule has 0 spiro atoms. The van der Waals surface area contributed by atoms with Gasteiger partial charge in [-0.25, -0.2) is 24.5 Å². The van der Waals surface area contributed by atoms with E-state index in [1.165, 1.54) is 12.7 Å². The lowest BCUT2D eigenvalue weighted by molar-refractivity contribution is -0.123. The Kier molecular flexibility index (Phi) is 18.5. The van der Waals surface area contributed by atoms with Crippen LogP contribution in [-0.2, 0) is 44.4 Å². The summed E-state index contributed by atoms with van der Waals surface area (Å²) in [5.41, 5.74) is 1.01. The number of urea groups is 1. The number of aliphatic hydroxyl groups is 1. The molecule has 2 unspecified atom stereocenters. The number of nitrogens with one attached hydrogen (secondary N) is 2. The van der Waals surface area contributed by atoms with E-state index in [4.69, 9.17) is 39.6 Å². The summed E-state index contributed by atoms with van der Waals surface area (Å²) < 4.78 is 40.0. The Balaban J connectivity index is 1.18. The van der Waals surface area contributed by atoms with Gasteiger partial charge in [0.15, 0.2) is 34.7 Å². The van der Waals surface area contributed by atoms with Crippen molar-refractivity contribution >= 4 is 40.7 Å². The number of benzene rings is 1. The van der Waals surface area contributed by atoms with Crippen LogP contribution in [0.5, 0.6) is 5.75 Å². The number of imidazole rings is 1. The molecule has 342 valence electrons. The molecule has 21 nitrogen and oxygen atoms in total. The second kappa shape index (κ2) is 24.2. The van der Waals surface area contributed by atoms with Gasteiger partial charge in [0.05, 0.1) is 52.5 Å². The summed E-state index contributed by atoms with van der Waals surface area (Å²) in [5, 5.41) is 25.2. The van der Waals surface area contributed by atoms with E-state index in [0.717, 1.165) is 5.56 Å². The zero-order valence-electron chi connectivity index (χ0n) is 36.1. The predicted octanol–water partition coefficient (Wildman–Crippen LogP) is 2.79. The first-order chi connectivity index (χ1) is 30.4. The molecular weight excluding hydrogens is 823 g/mol. The molecule has 0 bridgehead atoms. The summed E-state index contributed by atoms with van der Waals surface area (Å²) in [7, 11) is 5.16. The van der Waals surface area contributed by atoms with Gasteiger partial charge in [0.1, 0.15) is 43.3 Å². The number of amides is 2. The lowest BCUT2D eigenvalue weighted by Gasteiger charge is -2.24. The summed E-state index contributed by atoms with van der Waals surface area (Å²) in [4.78, 5) is 66.9. The minimum atomic E-state index is -1.31. The average molecular weight is 880 g/mol. The van der Waals surface area contributed by atoms with Crippen molar-refractivity contribution in [3.05, 3.63) is 42.5 Å². The van der Waals surface area contributed by atoms with E-state index < -0.39 is 54.0 Å². The summed E-state index contributed by atoms with van der Waals surface area (Å²) in [6.45, 7) is 3.25. The third-order valence-corrected chi connectivity index (χ3v) is 10.3. The van der Waals surface area contributed by atoms with Crippen molar-refractivity contribution in [1.82, 2.24) is 30.2 Å². The number of methoxy groups -OCH3 is 1. The molecule has 1 saturated heterocycles.